The Bertz CT molecular complexity index is 877. The van der Waals surface area contributed by atoms with E-state index in [1.165, 1.54) is 7.05 Å². The van der Waals surface area contributed by atoms with Crippen LogP contribution in [0.3, 0.4) is 0 Å². The van der Waals surface area contributed by atoms with Gasteiger partial charge in [-0.05, 0) is 26.3 Å². The fraction of sp³-hybridized carbons (Fsp3) is 0.438. The molecule has 2 aliphatic heterocycles. The maximum atomic E-state index is 12.4. The summed E-state index contributed by atoms with van der Waals surface area (Å²) in [5.41, 5.74) is 1.02. The van der Waals surface area contributed by atoms with Gasteiger partial charge in [0.2, 0.25) is 0 Å². The minimum absolute atomic E-state index is 0.192. The number of nitrogens with one attached hydrogen (secondary N) is 1. The number of hydrogen-bond donors (Lipinski definition) is 1. The molecule has 1 atom stereocenters. The second-order valence-electron chi connectivity index (χ2n) is 6.62. The molecule has 2 fully saturated rings. The van der Waals surface area contributed by atoms with Crippen molar-refractivity contribution in [3.8, 4) is 5.82 Å². The molecule has 0 aromatic carbocycles. The molecule has 2 aromatic rings. The lowest BCUT2D eigenvalue weighted by Gasteiger charge is -2.22. The van der Waals surface area contributed by atoms with Gasteiger partial charge < -0.3 is 10.2 Å². The van der Waals surface area contributed by atoms with Crippen molar-refractivity contribution in [1.82, 2.24) is 30.0 Å². The third-order valence-corrected chi connectivity index (χ3v) is 4.79. The van der Waals surface area contributed by atoms with E-state index < -0.39 is 5.54 Å². The molecule has 1 N–H and O–H groups in total. The normalized spacial score (nSPS) is 23.0. The first-order chi connectivity index (χ1) is 11.9. The molecule has 25 heavy (non-hydrogen) atoms. The number of amides is 3. The highest BCUT2D eigenvalue weighted by Crippen LogP contribution is 2.30. The van der Waals surface area contributed by atoms with E-state index in [1.807, 2.05) is 24.8 Å². The number of urea groups is 1. The Morgan fingerprint density at radius 1 is 1.20 bits per heavy atom. The van der Waals surface area contributed by atoms with Gasteiger partial charge in [0, 0.05) is 19.3 Å². The van der Waals surface area contributed by atoms with Gasteiger partial charge in [-0.1, -0.05) is 0 Å². The highest BCUT2D eigenvalue weighted by atomic mass is 16.2. The van der Waals surface area contributed by atoms with Crippen LogP contribution in [0.2, 0.25) is 0 Å². The highest BCUT2D eigenvalue weighted by molar-refractivity contribution is 6.07. The topological polar surface area (TPSA) is 96.2 Å². The zero-order valence-corrected chi connectivity index (χ0v) is 14.4. The average molecular weight is 341 g/mol. The van der Waals surface area contributed by atoms with Gasteiger partial charge in [0.05, 0.1) is 24.6 Å². The molecule has 1 spiro atoms. The van der Waals surface area contributed by atoms with E-state index in [0.717, 1.165) is 16.3 Å². The first kappa shape index (κ1) is 15.6. The number of anilines is 1. The molecular weight excluding hydrogens is 322 g/mol. The number of nitrogens with zero attached hydrogens (tertiary/aromatic N) is 6. The standard InChI is InChI=1S/C16H19N7O2/c1-10-6-11(2)23(20-10)13-8-17-7-12(18-13)22-5-4-16(9-22)14(24)21(3)15(25)19-16/h6-8H,4-5,9H2,1-3H3,(H,19,25). The molecule has 4 rings (SSSR count). The number of carbonyl (C=O) groups is 2. The fourth-order valence-corrected chi connectivity index (χ4v) is 3.50. The summed E-state index contributed by atoms with van der Waals surface area (Å²) in [5.74, 6) is 1.10. The third kappa shape index (κ3) is 2.34. The maximum Gasteiger partial charge on any atom is 0.324 e. The molecule has 0 aliphatic carbocycles. The number of rotatable bonds is 2. The monoisotopic (exact) mass is 341 g/mol. The van der Waals surface area contributed by atoms with Crippen LogP contribution < -0.4 is 10.2 Å². The second kappa shape index (κ2) is 5.27. The van der Waals surface area contributed by atoms with E-state index in [-0.39, 0.29) is 11.9 Å². The van der Waals surface area contributed by atoms with Crippen LogP contribution in [0.4, 0.5) is 10.6 Å². The smallest absolute Gasteiger partial charge is 0.324 e. The SMILES string of the molecule is Cc1cc(C)n(-c2cncc(N3CCC4(C3)NC(=O)N(C)C4=O)n2)n1. The lowest BCUT2D eigenvalue weighted by Crippen LogP contribution is -2.49. The Balaban J connectivity index is 1.62. The first-order valence-corrected chi connectivity index (χ1v) is 8.10. The van der Waals surface area contributed by atoms with E-state index in [4.69, 9.17) is 0 Å². The number of hydrogen-bond acceptors (Lipinski definition) is 6. The number of carbonyl (C=O) groups excluding carboxylic acids is 2. The summed E-state index contributed by atoms with van der Waals surface area (Å²) >= 11 is 0. The van der Waals surface area contributed by atoms with Crippen molar-refractivity contribution in [2.45, 2.75) is 25.8 Å². The Morgan fingerprint density at radius 2 is 1.96 bits per heavy atom. The highest BCUT2D eigenvalue weighted by Gasteiger charge is 2.53. The molecule has 0 bridgehead atoms. The van der Waals surface area contributed by atoms with Crippen LogP contribution in [0, 0.1) is 13.8 Å². The molecule has 2 saturated heterocycles. The van der Waals surface area contributed by atoms with Crippen LogP contribution in [0.1, 0.15) is 17.8 Å². The molecule has 2 aliphatic rings. The molecule has 3 amide bonds. The van der Waals surface area contributed by atoms with E-state index in [0.29, 0.717) is 31.1 Å². The Kier molecular flexibility index (Phi) is 3.28. The number of imide groups is 1. The molecule has 2 aromatic heterocycles. The number of aromatic nitrogens is 4. The molecule has 130 valence electrons. The summed E-state index contributed by atoms with van der Waals surface area (Å²) in [6.07, 6.45) is 3.87. The van der Waals surface area contributed by atoms with Crippen LogP contribution in [-0.2, 0) is 4.79 Å². The van der Waals surface area contributed by atoms with E-state index in [9.17, 15) is 9.59 Å². The predicted octanol–water partition coefficient (Wildman–Crippen LogP) is 0.410. The quantitative estimate of drug-likeness (QED) is 0.795. The fourth-order valence-electron chi connectivity index (χ4n) is 3.50. The van der Waals surface area contributed by atoms with Crippen LogP contribution in [0.15, 0.2) is 18.5 Å². The maximum absolute atomic E-state index is 12.4. The Morgan fingerprint density at radius 3 is 2.60 bits per heavy atom. The lowest BCUT2D eigenvalue weighted by molar-refractivity contribution is -0.129. The van der Waals surface area contributed by atoms with Gasteiger partial charge in [0.15, 0.2) is 5.82 Å². The largest absolute Gasteiger partial charge is 0.352 e. The molecule has 0 radical (unpaired) electrons. The summed E-state index contributed by atoms with van der Waals surface area (Å²) < 4.78 is 1.74. The third-order valence-electron chi connectivity index (χ3n) is 4.79. The van der Waals surface area contributed by atoms with Crippen LogP contribution >= 0.6 is 0 Å². The van der Waals surface area contributed by atoms with Crippen molar-refractivity contribution in [1.29, 1.82) is 0 Å². The number of likely N-dealkylation sites (N-methyl/N-ethyl adjacent to an activating group) is 1. The molecule has 9 heteroatoms. The average Bonchev–Trinajstić information content (AvgIpc) is 3.22. The van der Waals surface area contributed by atoms with Crippen molar-refractivity contribution in [2.75, 3.05) is 25.0 Å². The predicted molar refractivity (Wildman–Crippen MR) is 89.5 cm³/mol. The summed E-state index contributed by atoms with van der Waals surface area (Å²) in [6.45, 7) is 4.89. The van der Waals surface area contributed by atoms with Crippen molar-refractivity contribution in [3.05, 3.63) is 29.8 Å². The van der Waals surface area contributed by atoms with Crippen molar-refractivity contribution in [2.24, 2.45) is 0 Å². The summed E-state index contributed by atoms with van der Waals surface area (Å²) in [5, 5.41) is 7.25. The van der Waals surface area contributed by atoms with E-state index in [2.05, 4.69) is 20.4 Å². The zero-order chi connectivity index (χ0) is 17.8. The molecule has 1 unspecified atom stereocenters. The lowest BCUT2D eigenvalue weighted by atomic mass is 9.99. The van der Waals surface area contributed by atoms with E-state index in [1.54, 1.807) is 17.1 Å². The molecular formula is C16H19N7O2. The van der Waals surface area contributed by atoms with Gasteiger partial charge in [-0.3, -0.25) is 14.7 Å². The van der Waals surface area contributed by atoms with Gasteiger partial charge in [-0.2, -0.15) is 5.10 Å². The van der Waals surface area contributed by atoms with Gasteiger partial charge in [0.1, 0.15) is 11.4 Å². The van der Waals surface area contributed by atoms with E-state index >= 15 is 0 Å². The van der Waals surface area contributed by atoms with Crippen molar-refractivity contribution >= 4 is 17.8 Å². The second-order valence-corrected chi connectivity index (χ2v) is 6.62. The first-order valence-electron chi connectivity index (χ1n) is 8.10. The van der Waals surface area contributed by atoms with Gasteiger partial charge in [-0.15, -0.1) is 0 Å². The summed E-state index contributed by atoms with van der Waals surface area (Å²) in [4.78, 5) is 36.2. The number of aryl methyl sites for hydroxylation is 2. The van der Waals surface area contributed by atoms with Crippen molar-refractivity contribution in [3.63, 3.8) is 0 Å². The van der Waals surface area contributed by atoms with Crippen LogP contribution in [0.5, 0.6) is 0 Å². The summed E-state index contributed by atoms with van der Waals surface area (Å²) in [6, 6.07) is 1.62. The van der Waals surface area contributed by atoms with Gasteiger partial charge >= 0.3 is 6.03 Å². The minimum Gasteiger partial charge on any atom is -0.352 e. The Hall–Kier alpha value is -2.97. The van der Waals surface area contributed by atoms with Crippen LogP contribution in [0.25, 0.3) is 5.82 Å². The zero-order valence-electron chi connectivity index (χ0n) is 14.4. The van der Waals surface area contributed by atoms with Crippen LogP contribution in [-0.4, -0.2) is 62.3 Å². The van der Waals surface area contributed by atoms with Gasteiger partial charge in [-0.25, -0.2) is 14.5 Å². The molecule has 0 saturated carbocycles. The molecule has 4 heterocycles. The minimum atomic E-state index is -0.859. The Labute approximate surface area is 144 Å². The van der Waals surface area contributed by atoms with Crippen molar-refractivity contribution < 1.29 is 9.59 Å². The van der Waals surface area contributed by atoms with Gasteiger partial charge in [0.25, 0.3) is 5.91 Å². The molecule has 9 nitrogen and oxygen atoms in total. The summed E-state index contributed by atoms with van der Waals surface area (Å²) in [7, 11) is 1.50.